The monoisotopic (exact) mass is 300 g/mol. The van der Waals surface area contributed by atoms with Gasteiger partial charge in [-0.2, -0.15) is 5.10 Å². The van der Waals surface area contributed by atoms with Gasteiger partial charge in [0.05, 0.1) is 31.0 Å². The molecule has 0 N–H and O–H groups in total. The summed E-state index contributed by atoms with van der Waals surface area (Å²) in [5, 5.41) is 4.58. The first kappa shape index (κ1) is 14.8. The standard InChI is InChI=1S/C17H20N2O3/c1-21-13-5-3-12(4-6-13)10-19-11-15-16(18-19)9-14(22-2)7-8-17(15)20/h3-6,11,14H,7-10H2,1-2H3. The maximum Gasteiger partial charge on any atom is 0.166 e. The van der Waals surface area contributed by atoms with Crippen molar-refractivity contribution in [1.82, 2.24) is 9.78 Å². The SMILES string of the molecule is COc1ccc(Cn2cc3c(n2)CC(OC)CCC3=O)cc1. The third kappa shape index (κ3) is 3.04. The lowest BCUT2D eigenvalue weighted by Crippen LogP contribution is -2.13. The number of fused-ring (bicyclic) bond motifs is 1. The number of methoxy groups -OCH3 is 2. The first-order valence-corrected chi connectivity index (χ1v) is 7.45. The zero-order chi connectivity index (χ0) is 15.5. The van der Waals surface area contributed by atoms with Crippen molar-refractivity contribution in [1.29, 1.82) is 0 Å². The van der Waals surface area contributed by atoms with Crippen molar-refractivity contribution < 1.29 is 14.3 Å². The fourth-order valence-corrected chi connectivity index (χ4v) is 2.79. The zero-order valence-corrected chi connectivity index (χ0v) is 12.9. The summed E-state index contributed by atoms with van der Waals surface area (Å²) in [7, 11) is 3.34. The highest BCUT2D eigenvalue weighted by Crippen LogP contribution is 2.22. The molecule has 0 radical (unpaired) electrons. The van der Waals surface area contributed by atoms with Gasteiger partial charge in [-0.1, -0.05) is 12.1 Å². The van der Waals surface area contributed by atoms with Crippen LogP contribution in [0.15, 0.2) is 30.5 Å². The molecule has 0 amide bonds. The molecular formula is C17H20N2O3. The number of Topliss-reactive ketones (excluding diaryl/α,β-unsaturated/α-hetero) is 1. The van der Waals surface area contributed by atoms with E-state index >= 15 is 0 Å². The van der Waals surface area contributed by atoms with E-state index in [1.165, 1.54) is 0 Å². The molecule has 1 aromatic carbocycles. The molecule has 5 heteroatoms. The van der Waals surface area contributed by atoms with Gasteiger partial charge in [0, 0.05) is 26.1 Å². The molecule has 5 nitrogen and oxygen atoms in total. The Bertz CT molecular complexity index is 661. The number of ether oxygens (including phenoxy) is 2. The molecule has 0 fully saturated rings. The van der Waals surface area contributed by atoms with Crippen molar-refractivity contribution in [3.05, 3.63) is 47.3 Å². The van der Waals surface area contributed by atoms with Crippen molar-refractivity contribution in [3.8, 4) is 5.75 Å². The molecule has 1 aromatic heterocycles. The van der Waals surface area contributed by atoms with Gasteiger partial charge in [-0.05, 0) is 24.1 Å². The smallest absolute Gasteiger partial charge is 0.166 e. The van der Waals surface area contributed by atoms with Crippen molar-refractivity contribution in [2.24, 2.45) is 0 Å². The molecule has 1 heterocycles. The number of hydrogen-bond acceptors (Lipinski definition) is 4. The molecule has 22 heavy (non-hydrogen) atoms. The Hall–Kier alpha value is -2.14. The zero-order valence-electron chi connectivity index (χ0n) is 12.9. The molecular weight excluding hydrogens is 280 g/mol. The van der Waals surface area contributed by atoms with Gasteiger partial charge in [0.15, 0.2) is 5.78 Å². The third-order valence-electron chi connectivity index (χ3n) is 4.09. The van der Waals surface area contributed by atoms with E-state index in [2.05, 4.69) is 5.10 Å². The number of rotatable bonds is 4. The van der Waals surface area contributed by atoms with Gasteiger partial charge in [-0.3, -0.25) is 9.48 Å². The molecule has 3 rings (SSSR count). The molecule has 0 aliphatic heterocycles. The molecule has 116 valence electrons. The van der Waals surface area contributed by atoms with Gasteiger partial charge < -0.3 is 9.47 Å². The Kier molecular flexibility index (Phi) is 4.24. The van der Waals surface area contributed by atoms with Crippen molar-refractivity contribution in [2.75, 3.05) is 14.2 Å². The Labute approximate surface area is 129 Å². The predicted molar refractivity (Wildman–Crippen MR) is 82.4 cm³/mol. The van der Waals surface area contributed by atoms with Crippen LogP contribution in [-0.4, -0.2) is 35.9 Å². The molecule has 0 saturated heterocycles. The molecule has 1 unspecified atom stereocenters. The van der Waals surface area contributed by atoms with E-state index in [-0.39, 0.29) is 11.9 Å². The normalized spacial score (nSPS) is 17.9. The van der Waals surface area contributed by atoms with Crippen LogP contribution < -0.4 is 4.74 Å². The second-order valence-corrected chi connectivity index (χ2v) is 5.56. The van der Waals surface area contributed by atoms with E-state index in [1.807, 2.05) is 35.1 Å². The second-order valence-electron chi connectivity index (χ2n) is 5.56. The van der Waals surface area contributed by atoms with Crippen LogP contribution in [0.25, 0.3) is 0 Å². The fourth-order valence-electron chi connectivity index (χ4n) is 2.79. The largest absolute Gasteiger partial charge is 0.497 e. The molecule has 0 spiro atoms. The number of ketones is 1. The van der Waals surface area contributed by atoms with Crippen LogP contribution in [0.5, 0.6) is 5.75 Å². The molecule has 1 atom stereocenters. The minimum absolute atomic E-state index is 0.0783. The molecule has 1 aliphatic rings. The van der Waals surface area contributed by atoms with Crippen LogP contribution in [0, 0.1) is 0 Å². The number of nitrogens with zero attached hydrogens (tertiary/aromatic N) is 2. The summed E-state index contributed by atoms with van der Waals surface area (Å²) >= 11 is 0. The third-order valence-corrected chi connectivity index (χ3v) is 4.09. The summed E-state index contributed by atoms with van der Waals surface area (Å²) in [4.78, 5) is 12.2. The van der Waals surface area contributed by atoms with Crippen LogP contribution in [0.3, 0.4) is 0 Å². The predicted octanol–water partition coefficient (Wildman–Crippen LogP) is 2.47. The van der Waals surface area contributed by atoms with Crippen LogP contribution >= 0.6 is 0 Å². The van der Waals surface area contributed by atoms with Gasteiger partial charge >= 0.3 is 0 Å². The van der Waals surface area contributed by atoms with E-state index in [1.54, 1.807) is 14.2 Å². The lowest BCUT2D eigenvalue weighted by molar-refractivity contribution is 0.0847. The Balaban J connectivity index is 1.81. The van der Waals surface area contributed by atoms with Gasteiger partial charge in [0.25, 0.3) is 0 Å². The lowest BCUT2D eigenvalue weighted by atomic mass is 10.1. The van der Waals surface area contributed by atoms with E-state index in [9.17, 15) is 4.79 Å². The van der Waals surface area contributed by atoms with Gasteiger partial charge in [-0.15, -0.1) is 0 Å². The molecule has 0 saturated carbocycles. The van der Waals surface area contributed by atoms with Crippen LogP contribution in [0.2, 0.25) is 0 Å². The lowest BCUT2D eigenvalue weighted by Gasteiger charge is -2.10. The second kappa shape index (κ2) is 6.32. The Morgan fingerprint density at radius 1 is 1.27 bits per heavy atom. The van der Waals surface area contributed by atoms with Crippen LogP contribution in [0.1, 0.15) is 34.5 Å². The van der Waals surface area contributed by atoms with Crippen molar-refractivity contribution in [3.63, 3.8) is 0 Å². The van der Waals surface area contributed by atoms with Crippen molar-refractivity contribution in [2.45, 2.75) is 31.9 Å². The average Bonchev–Trinajstić information content (AvgIpc) is 2.87. The van der Waals surface area contributed by atoms with E-state index < -0.39 is 0 Å². The van der Waals surface area contributed by atoms with E-state index in [4.69, 9.17) is 9.47 Å². The quantitative estimate of drug-likeness (QED) is 0.814. The molecule has 1 aliphatic carbocycles. The first-order valence-electron chi connectivity index (χ1n) is 7.45. The van der Waals surface area contributed by atoms with Gasteiger partial charge in [-0.25, -0.2) is 0 Å². The topological polar surface area (TPSA) is 53.4 Å². The number of aromatic nitrogens is 2. The summed E-state index contributed by atoms with van der Waals surface area (Å²) < 4.78 is 12.4. The maximum atomic E-state index is 12.2. The molecule has 0 bridgehead atoms. The average molecular weight is 300 g/mol. The van der Waals surface area contributed by atoms with E-state index in [0.717, 1.165) is 29.0 Å². The number of benzene rings is 1. The fraction of sp³-hybridized carbons (Fsp3) is 0.412. The van der Waals surface area contributed by atoms with Gasteiger partial charge in [0.2, 0.25) is 0 Å². The number of hydrogen-bond donors (Lipinski definition) is 0. The first-order chi connectivity index (χ1) is 10.7. The highest BCUT2D eigenvalue weighted by Gasteiger charge is 2.24. The maximum absolute atomic E-state index is 12.2. The van der Waals surface area contributed by atoms with Crippen molar-refractivity contribution >= 4 is 5.78 Å². The highest BCUT2D eigenvalue weighted by molar-refractivity contribution is 5.97. The molecule has 2 aromatic rings. The minimum Gasteiger partial charge on any atom is -0.497 e. The van der Waals surface area contributed by atoms with Crippen LogP contribution in [-0.2, 0) is 17.7 Å². The number of carbonyl (C=O) groups excluding carboxylic acids is 1. The summed E-state index contributed by atoms with van der Waals surface area (Å²) in [6, 6.07) is 7.86. The summed E-state index contributed by atoms with van der Waals surface area (Å²) in [5.41, 5.74) is 2.71. The van der Waals surface area contributed by atoms with E-state index in [0.29, 0.717) is 19.4 Å². The summed E-state index contributed by atoms with van der Waals surface area (Å²) in [5.74, 6) is 0.994. The number of carbonyl (C=O) groups is 1. The summed E-state index contributed by atoms with van der Waals surface area (Å²) in [6.07, 6.45) is 3.94. The summed E-state index contributed by atoms with van der Waals surface area (Å²) in [6.45, 7) is 0.641. The van der Waals surface area contributed by atoms with Gasteiger partial charge in [0.1, 0.15) is 5.75 Å². The Morgan fingerprint density at radius 2 is 2.05 bits per heavy atom. The highest BCUT2D eigenvalue weighted by atomic mass is 16.5. The van der Waals surface area contributed by atoms with Crippen LogP contribution in [0.4, 0.5) is 0 Å². The minimum atomic E-state index is 0.0783. The Morgan fingerprint density at radius 3 is 2.73 bits per heavy atom.